The summed E-state index contributed by atoms with van der Waals surface area (Å²) in [4.78, 5) is 0. The minimum Gasteiger partial charge on any atom is -0.390 e. The van der Waals surface area contributed by atoms with Crippen LogP contribution in [-0.4, -0.2) is 30.0 Å². The number of hydrogen-bond donors (Lipinski definition) is 1. The van der Waals surface area contributed by atoms with E-state index in [4.69, 9.17) is 9.47 Å². The molecule has 1 fully saturated rings. The molecule has 1 N–H and O–H groups in total. The molecule has 0 spiro atoms. The van der Waals surface area contributed by atoms with Crippen molar-refractivity contribution in [3.8, 4) is 0 Å². The molecule has 0 aromatic heterocycles. The Kier molecular flexibility index (Phi) is 4.17. The normalized spacial score (nSPS) is 28.0. The SMILES string of the molecule is C=C(C)C1(OCc2ccccc2)COCCC1O. The van der Waals surface area contributed by atoms with Gasteiger partial charge in [-0.15, -0.1) is 0 Å². The van der Waals surface area contributed by atoms with Crippen molar-refractivity contribution in [1.82, 2.24) is 0 Å². The monoisotopic (exact) mass is 248 g/mol. The molecule has 0 amide bonds. The molecule has 2 rings (SSSR count). The highest BCUT2D eigenvalue weighted by atomic mass is 16.6. The first-order chi connectivity index (χ1) is 8.65. The standard InChI is InChI=1S/C15H20O3/c1-12(2)15(11-17-9-8-14(15)16)18-10-13-6-4-3-5-7-13/h3-7,14,16H,1,8-11H2,2H3. The van der Waals surface area contributed by atoms with Crippen LogP contribution in [0.3, 0.4) is 0 Å². The maximum absolute atomic E-state index is 10.2. The third kappa shape index (κ3) is 2.64. The summed E-state index contributed by atoms with van der Waals surface area (Å²) in [6, 6.07) is 9.92. The smallest absolute Gasteiger partial charge is 0.138 e. The van der Waals surface area contributed by atoms with Gasteiger partial charge >= 0.3 is 0 Å². The topological polar surface area (TPSA) is 38.7 Å². The van der Waals surface area contributed by atoms with Gasteiger partial charge in [-0.3, -0.25) is 0 Å². The lowest BCUT2D eigenvalue weighted by molar-refractivity contribution is -0.174. The van der Waals surface area contributed by atoms with Crippen LogP contribution in [0.1, 0.15) is 18.9 Å². The molecule has 1 aliphatic heterocycles. The van der Waals surface area contributed by atoms with Crippen molar-refractivity contribution in [3.63, 3.8) is 0 Å². The Hall–Kier alpha value is -1.16. The van der Waals surface area contributed by atoms with Crippen LogP contribution in [0.2, 0.25) is 0 Å². The number of ether oxygens (including phenoxy) is 2. The first-order valence-electron chi connectivity index (χ1n) is 6.25. The number of aliphatic hydroxyl groups excluding tert-OH is 1. The van der Waals surface area contributed by atoms with E-state index in [1.807, 2.05) is 37.3 Å². The summed E-state index contributed by atoms with van der Waals surface area (Å²) in [7, 11) is 0. The van der Waals surface area contributed by atoms with Crippen molar-refractivity contribution < 1.29 is 14.6 Å². The van der Waals surface area contributed by atoms with Gasteiger partial charge in [-0.05, 0) is 24.5 Å². The summed E-state index contributed by atoms with van der Waals surface area (Å²) >= 11 is 0. The highest BCUT2D eigenvalue weighted by Gasteiger charge is 2.42. The van der Waals surface area contributed by atoms with Gasteiger partial charge in [0, 0.05) is 6.61 Å². The summed E-state index contributed by atoms with van der Waals surface area (Å²) in [6.07, 6.45) is 0.0363. The molecule has 1 aliphatic rings. The van der Waals surface area contributed by atoms with E-state index in [2.05, 4.69) is 6.58 Å². The van der Waals surface area contributed by atoms with Crippen molar-refractivity contribution in [2.45, 2.75) is 31.7 Å². The first kappa shape index (κ1) is 13.3. The van der Waals surface area contributed by atoms with Crippen LogP contribution in [0.15, 0.2) is 42.5 Å². The van der Waals surface area contributed by atoms with E-state index >= 15 is 0 Å². The highest BCUT2D eigenvalue weighted by Crippen LogP contribution is 2.31. The lowest BCUT2D eigenvalue weighted by atomic mass is 9.86. The van der Waals surface area contributed by atoms with E-state index in [0.29, 0.717) is 26.2 Å². The molecule has 3 heteroatoms. The Morgan fingerprint density at radius 3 is 2.83 bits per heavy atom. The molecule has 0 bridgehead atoms. The third-order valence-electron chi connectivity index (χ3n) is 3.45. The molecule has 2 unspecified atom stereocenters. The molecule has 1 aromatic carbocycles. The van der Waals surface area contributed by atoms with Crippen LogP contribution in [0.4, 0.5) is 0 Å². The van der Waals surface area contributed by atoms with Crippen molar-refractivity contribution >= 4 is 0 Å². The molecule has 1 aromatic rings. The fraction of sp³-hybridized carbons (Fsp3) is 0.467. The fourth-order valence-electron chi connectivity index (χ4n) is 2.20. The third-order valence-corrected chi connectivity index (χ3v) is 3.45. The number of rotatable bonds is 4. The summed E-state index contributed by atoms with van der Waals surface area (Å²) in [6.45, 7) is 7.22. The van der Waals surface area contributed by atoms with Crippen LogP contribution in [0.5, 0.6) is 0 Å². The van der Waals surface area contributed by atoms with E-state index in [0.717, 1.165) is 11.1 Å². The molecule has 2 atom stereocenters. The zero-order valence-electron chi connectivity index (χ0n) is 10.8. The minimum absolute atomic E-state index is 0.371. The molecular formula is C15H20O3. The quantitative estimate of drug-likeness (QED) is 0.831. The summed E-state index contributed by atoms with van der Waals surface area (Å²) < 4.78 is 11.4. The number of hydrogen-bond acceptors (Lipinski definition) is 3. The van der Waals surface area contributed by atoms with Gasteiger partial charge in [0.2, 0.25) is 0 Å². The molecule has 18 heavy (non-hydrogen) atoms. The second-order valence-corrected chi connectivity index (χ2v) is 4.80. The Morgan fingerprint density at radius 2 is 2.22 bits per heavy atom. The zero-order chi connectivity index (χ0) is 13.0. The fourth-order valence-corrected chi connectivity index (χ4v) is 2.20. The molecule has 1 saturated heterocycles. The van der Waals surface area contributed by atoms with E-state index < -0.39 is 11.7 Å². The Morgan fingerprint density at radius 1 is 1.50 bits per heavy atom. The summed E-state index contributed by atoms with van der Waals surface area (Å²) in [5.41, 5.74) is 1.12. The van der Waals surface area contributed by atoms with Crippen LogP contribution in [0, 0.1) is 0 Å². The maximum atomic E-state index is 10.2. The van der Waals surface area contributed by atoms with Gasteiger partial charge in [0.05, 0.1) is 19.3 Å². The average molecular weight is 248 g/mol. The van der Waals surface area contributed by atoms with Crippen LogP contribution >= 0.6 is 0 Å². The predicted octanol–water partition coefficient (Wildman–Crippen LogP) is 2.30. The predicted molar refractivity (Wildman–Crippen MR) is 70.2 cm³/mol. The van der Waals surface area contributed by atoms with Crippen molar-refractivity contribution in [1.29, 1.82) is 0 Å². The van der Waals surface area contributed by atoms with Crippen molar-refractivity contribution in [2.75, 3.05) is 13.2 Å². The van der Waals surface area contributed by atoms with Gasteiger partial charge in [-0.25, -0.2) is 0 Å². The van der Waals surface area contributed by atoms with Gasteiger partial charge in [0.1, 0.15) is 5.60 Å². The first-order valence-corrected chi connectivity index (χ1v) is 6.25. The molecule has 98 valence electrons. The van der Waals surface area contributed by atoms with Gasteiger partial charge in [-0.2, -0.15) is 0 Å². The molecular weight excluding hydrogens is 228 g/mol. The van der Waals surface area contributed by atoms with Crippen LogP contribution < -0.4 is 0 Å². The second-order valence-electron chi connectivity index (χ2n) is 4.80. The van der Waals surface area contributed by atoms with E-state index in [1.54, 1.807) is 0 Å². The molecule has 0 aliphatic carbocycles. The summed E-state index contributed by atoms with van der Waals surface area (Å²) in [5, 5.41) is 10.2. The van der Waals surface area contributed by atoms with Gasteiger partial charge in [-0.1, -0.05) is 36.9 Å². The van der Waals surface area contributed by atoms with Gasteiger partial charge in [0.25, 0.3) is 0 Å². The van der Waals surface area contributed by atoms with E-state index in [-0.39, 0.29) is 0 Å². The Bertz CT molecular complexity index is 401. The molecule has 1 heterocycles. The Balaban J connectivity index is 2.09. The lowest BCUT2D eigenvalue weighted by Gasteiger charge is -2.41. The molecule has 0 radical (unpaired) electrons. The van der Waals surface area contributed by atoms with Crippen molar-refractivity contribution in [2.24, 2.45) is 0 Å². The summed E-state index contributed by atoms with van der Waals surface area (Å²) in [5.74, 6) is 0. The largest absolute Gasteiger partial charge is 0.390 e. The second kappa shape index (κ2) is 5.65. The lowest BCUT2D eigenvalue weighted by Crippen LogP contribution is -2.53. The van der Waals surface area contributed by atoms with Gasteiger partial charge in [0.15, 0.2) is 0 Å². The molecule has 3 nitrogen and oxygen atoms in total. The number of benzene rings is 1. The average Bonchev–Trinajstić information content (AvgIpc) is 2.39. The van der Waals surface area contributed by atoms with E-state index in [9.17, 15) is 5.11 Å². The maximum Gasteiger partial charge on any atom is 0.138 e. The van der Waals surface area contributed by atoms with E-state index in [1.165, 1.54) is 0 Å². The zero-order valence-corrected chi connectivity index (χ0v) is 10.8. The van der Waals surface area contributed by atoms with Crippen molar-refractivity contribution in [3.05, 3.63) is 48.0 Å². The Labute approximate surface area is 108 Å². The highest BCUT2D eigenvalue weighted by molar-refractivity contribution is 5.18. The molecule has 0 saturated carbocycles. The van der Waals surface area contributed by atoms with Crippen LogP contribution in [-0.2, 0) is 16.1 Å². The minimum atomic E-state index is -0.770. The van der Waals surface area contributed by atoms with Gasteiger partial charge < -0.3 is 14.6 Å². The van der Waals surface area contributed by atoms with Crippen LogP contribution in [0.25, 0.3) is 0 Å². The number of aliphatic hydroxyl groups is 1.